The maximum atomic E-state index is 12.0. The van der Waals surface area contributed by atoms with Crippen molar-refractivity contribution in [1.29, 1.82) is 0 Å². The first-order valence-corrected chi connectivity index (χ1v) is 9.42. The SMILES string of the molecule is COc1ccc(CCNC(=O)CNc2cc(C)ccc2C)cc1OC.O=C(O)C(=O)O. The quantitative estimate of drug-likeness (QED) is 0.467. The first kappa shape index (κ1) is 25.3. The van der Waals surface area contributed by atoms with Gasteiger partial charge in [-0.1, -0.05) is 18.2 Å². The highest BCUT2D eigenvalue weighted by atomic mass is 16.5. The van der Waals surface area contributed by atoms with Gasteiger partial charge < -0.3 is 30.3 Å². The average molecular weight is 432 g/mol. The van der Waals surface area contributed by atoms with E-state index in [4.69, 9.17) is 29.3 Å². The second-order valence-corrected chi connectivity index (χ2v) is 6.57. The molecule has 0 spiro atoms. The normalized spacial score (nSPS) is 9.68. The number of carbonyl (C=O) groups is 3. The number of aryl methyl sites for hydroxylation is 2. The van der Waals surface area contributed by atoms with E-state index in [0.717, 1.165) is 23.2 Å². The minimum absolute atomic E-state index is 0.0265. The van der Waals surface area contributed by atoms with E-state index >= 15 is 0 Å². The standard InChI is InChI=1S/C20H26N2O3.C2H2O4/c1-14-5-6-15(2)17(11-14)22-13-20(23)21-10-9-16-7-8-18(24-3)19(12-16)25-4;3-1(4)2(5)6/h5-8,11-12,22H,9-10,13H2,1-4H3,(H,21,23);(H,3,4)(H,5,6). The van der Waals surface area contributed by atoms with Crippen LogP contribution in [0.25, 0.3) is 0 Å². The number of carboxylic acid groups (broad SMARTS) is 2. The van der Waals surface area contributed by atoms with Gasteiger partial charge in [0.15, 0.2) is 11.5 Å². The molecule has 0 fully saturated rings. The Morgan fingerprint density at radius 2 is 1.55 bits per heavy atom. The molecule has 0 radical (unpaired) electrons. The first-order chi connectivity index (χ1) is 14.7. The highest BCUT2D eigenvalue weighted by molar-refractivity contribution is 6.27. The summed E-state index contributed by atoms with van der Waals surface area (Å²) in [6.07, 6.45) is 0.732. The van der Waals surface area contributed by atoms with Gasteiger partial charge in [-0.15, -0.1) is 0 Å². The van der Waals surface area contributed by atoms with Gasteiger partial charge in [-0.2, -0.15) is 0 Å². The van der Waals surface area contributed by atoms with Gasteiger partial charge in [0.1, 0.15) is 0 Å². The van der Waals surface area contributed by atoms with E-state index in [1.807, 2.05) is 44.2 Å². The van der Waals surface area contributed by atoms with Crippen molar-refractivity contribution in [1.82, 2.24) is 5.32 Å². The lowest BCUT2D eigenvalue weighted by atomic mass is 10.1. The van der Waals surface area contributed by atoms with Crippen LogP contribution >= 0.6 is 0 Å². The molecule has 0 aliphatic heterocycles. The van der Waals surface area contributed by atoms with Crippen molar-refractivity contribution in [3.8, 4) is 11.5 Å². The average Bonchev–Trinajstić information content (AvgIpc) is 2.74. The van der Waals surface area contributed by atoms with Crippen LogP contribution < -0.4 is 20.1 Å². The van der Waals surface area contributed by atoms with E-state index in [-0.39, 0.29) is 12.5 Å². The number of benzene rings is 2. The first-order valence-electron chi connectivity index (χ1n) is 9.42. The Bertz CT molecular complexity index is 901. The number of carbonyl (C=O) groups excluding carboxylic acids is 1. The molecule has 1 amide bonds. The van der Waals surface area contributed by atoms with Gasteiger partial charge in [0, 0.05) is 12.2 Å². The number of amides is 1. The molecule has 0 saturated heterocycles. The molecule has 4 N–H and O–H groups in total. The van der Waals surface area contributed by atoms with E-state index < -0.39 is 11.9 Å². The minimum atomic E-state index is -1.82. The molecular weight excluding hydrogens is 404 g/mol. The third-order valence-electron chi connectivity index (χ3n) is 4.20. The molecular formula is C22H28N2O7. The van der Waals surface area contributed by atoms with Crippen molar-refractivity contribution in [2.75, 3.05) is 32.6 Å². The number of aliphatic carboxylic acids is 2. The summed E-state index contributed by atoms with van der Waals surface area (Å²) < 4.78 is 10.5. The maximum absolute atomic E-state index is 12.0. The number of anilines is 1. The highest BCUT2D eigenvalue weighted by Gasteiger charge is 2.06. The fraction of sp³-hybridized carbons (Fsp3) is 0.318. The van der Waals surface area contributed by atoms with Crippen LogP contribution in [0.1, 0.15) is 16.7 Å². The van der Waals surface area contributed by atoms with E-state index in [9.17, 15) is 4.79 Å². The van der Waals surface area contributed by atoms with E-state index in [1.165, 1.54) is 5.56 Å². The molecule has 0 atom stereocenters. The lowest BCUT2D eigenvalue weighted by Crippen LogP contribution is -2.31. The summed E-state index contributed by atoms with van der Waals surface area (Å²) in [5.41, 5.74) is 4.38. The predicted molar refractivity (Wildman–Crippen MR) is 116 cm³/mol. The highest BCUT2D eigenvalue weighted by Crippen LogP contribution is 2.27. The number of hydrogen-bond acceptors (Lipinski definition) is 6. The van der Waals surface area contributed by atoms with Gasteiger partial charge in [-0.3, -0.25) is 4.79 Å². The molecule has 2 aromatic carbocycles. The monoisotopic (exact) mass is 432 g/mol. The number of methoxy groups -OCH3 is 2. The van der Waals surface area contributed by atoms with Crippen LogP contribution in [0.4, 0.5) is 5.69 Å². The van der Waals surface area contributed by atoms with Crippen molar-refractivity contribution in [2.45, 2.75) is 20.3 Å². The Labute approximate surface area is 181 Å². The summed E-state index contributed by atoms with van der Waals surface area (Å²) in [5, 5.41) is 20.9. The van der Waals surface area contributed by atoms with Crippen LogP contribution in [0.5, 0.6) is 11.5 Å². The summed E-state index contributed by atoms with van der Waals surface area (Å²) in [7, 11) is 3.23. The van der Waals surface area contributed by atoms with Gasteiger partial charge in [0.05, 0.1) is 20.8 Å². The summed E-state index contributed by atoms with van der Waals surface area (Å²) in [5.74, 6) is -2.28. The van der Waals surface area contributed by atoms with Crippen molar-refractivity contribution >= 4 is 23.5 Å². The largest absolute Gasteiger partial charge is 0.493 e. The molecule has 168 valence electrons. The molecule has 2 aromatic rings. The van der Waals surface area contributed by atoms with E-state index in [1.54, 1.807) is 14.2 Å². The van der Waals surface area contributed by atoms with Crippen LogP contribution in [0.15, 0.2) is 36.4 Å². The van der Waals surface area contributed by atoms with Crippen molar-refractivity contribution < 1.29 is 34.1 Å². The van der Waals surface area contributed by atoms with Crippen LogP contribution in [0.2, 0.25) is 0 Å². The Balaban J connectivity index is 0.000000703. The fourth-order valence-electron chi connectivity index (χ4n) is 2.55. The van der Waals surface area contributed by atoms with Crippen molar-refractivity contribution in [2.24, 2.45) is 0 Å². The van der Waals surface area contributed by atoms with Crippen molar-refractivity contribution in [3.05, 3.63) is 53.1 Å². The molecule has 2 rings (SSSR count). The molecule has 0 aliphatic rings. The fourth-order valence-corrected chi connectivity index (χ4v) is 2.55. The molecule has 0 unspecified atom stereocenters. The zero-order valence-corrected chi connectivity index (χ0v) is 18.0. The molecule has 0 heterocycles. The maximum Gasteiger partial charge on any atom is 0.414 e. The van der Waals surface area contributed by atoms with E-state index in [0.29, 0.717) is 18.0 Å². The van der Waals surface area contributed by atoms with Gasteiger partial charge in [0.25, 0.3) is 0 Å². The smallest absolute Gasteiger partial charge is 0.414 e. The number of hydrogen-bond donors (Lipinski definition) is 4. The van der Waals surface area contributed by atoms with Gasteiger partial charge in [0.2, 0.25) is 5.91 Å². The lowest BCUT2D eigenvalue weighted by molar-refractivity contribution is -0.159. The number of nitrogens with one attached hydrogen (secondary N) is 2. The second-order valence-electron chi connectivity index (χ2n) is 6.57. The minimum Gasteiger partial charge on any atom is -0.493 e. The van der Waals surface area contributed by atoms with E-state index in [2.05, 4.69) is 16.7 Å². The number of rotatable bonds is 8. The van der Waals surface area contributed by atoms with Gasteiger partial charge in [-0.05, 0) is 55.2 Å². The second kappa shape index (κ2) is 12.7. The number of ether oxygens (including phenoxy) is 2. The van der Waals surface area contributed by atoms with Gasteiger partial charge in [-0.25, -0.2) is 9.59 Å². The molecule has 0 saturated carbocycles. The summed E-state index contributed by atoms with van der Waals surface area (Å²) in [6.45, 7) is 4.89. The molecule has 31 heavy (non-hydrogen) atoms. The van der Waals surface area contributed by atoms with Crippen LogP contribution in [0.3, 0.4) is 0 Å². The van der Waals surface area contributed by atoms with Crippen LogP contribution in [0, 0.1) is 13.8 Å². The molecule has 0 aliphatic carbocycles. The zero-order chi connectivity index (χ0) is 23.4. The van der Waals surface area contributed by atoms with Crippen molar-refractivity contribution in [3.63, 3.8) is 0 Å². The topological polar surface area (TPSA) is 134 Å². The zero-order valence-electron chi connectivity index (χ0n) is 18.0. The summed E-state index contributed by atoms with van der Waals surface area (Å²) in [4.78, 5) is 30.2. The number of carboxylic acids is 2. The predicted octanol–water partition coefficient (Wildman–Crippen LogP) is 2.25. The summed E-state index contributed by atoms with van der Waals surface area (Å²) in [6, 6.07) is 11.9. The third-order valence-corrected chi connectivity index (χ3v) is 4.20. The Morgan fingerprint density at radius 3 is 2.13 bits per heavy atom. The Morgan fingerprint density at radius 1 is 0.903 bits per heavy atom. The summed E-state index contributed by atoms with van der Waals surface area (Å²) >= 11 is 0. The molecule has 0 bridgehead atoms. The third kappa shape index (κ3) is 9.07. The van der Waals surface area contributed by atoms with Crippen LogP contribution in [-0.2, 0) is 20.8 Å². The molecule has 9 nitrogen and oxygen atoms in total. The Kier molecular flexibility index (Phi) is 10.4. The molecule has 0 aromatic heterocycles. The lowest BCUT2D eigenvalue weighted by Gasteiger charge is -2.12. The van der Waals surface area contributed by atoms with Gasteiger partial charge >= 0.3 is 11.9 Å². The van der Waals surface area contributed by atoms with Crippen LogP contribution in [-0.4, -0.2) is 55.4 Å². The molecule has 9 heteroatoms. The Hall–Kier alpha value is -3.75.